The lowest BCUT2D eigenvalue weighted by atomic mass is 10.1. The molecule has 2 rings (SSSR count). The summed E-state index contributed by atoms with van der Waals surface area (Å²) in [6, 6.07) is 7.68. The Kier molecular flexibility index (Phi) is 6.31. The number of benzene rings is 1. The van der Waals surface area contributed by atoms with E-state index < -0.39 is 15.6 Å². The number of piperazine rings is 1. The Morgan fingerprint density at radius 3 is 2.12 bits per heavy atom. The normalized spacial score (nSPS) is 16.8. The quantitative estimate of drug-likeness (QED) is 0.834. The first-order valence-electron chi connectivity index (χ1n) is 8.78. The van der Waals surface area contributed by atoms with Crippen LogP contribution in [0.4, 0.5) is 11.4 Å². The van der Waals surface area contributed by atoms with E-state index in [-0.39, 0.29) is 12.5 Å². The number of nitrogens with one attached hydrogen (secondary N) is 1. The standard InChI is InChI=1S/C18H30N4O3S/c1-18(2,3)22(26(5,24)25)14-17(23)19-15-6-8-16(9-7-15)21-12-10-20(4)11-13-21/h6-9H,10-14H2,1-5H3,(H,19,23). The van der Waals surface area contributed by atoms with Crippen LogP contribution >= 0.6 is 0 Å². The summed E-state index contributed by atoms with van der Waals surface area (Å²) in [6.07, 6.45) is 1.12. The van der Waals surface area contributed by atoms with Gasteiger partial charge in [0.15, 0.2) is 0 Å². The molecule has 0 spiro atoms. The van der Waals surface area contributed by atoms with Gasteiger partial charge in [0.2, 0.25) is 15.9 Å². The van der Waals surface area contributed by atoms with Crippen molar-refractivity contribution >= 4 is 27.3 Å². The van der Waals surface area contributed by atoms with Crippen LogP contribution in [0.15, 0.2) is 24.3 Å². The lowest BCUT2D eigenvalue weighted by Gasteiger charge is -2.34. The average Bonchev–Trinajstić information content (AvgIpc) is 2.52. The lowest BCUT2D eigenvalue weighted by molar-refractivity contribution is -0.117. The van der Waals surface area contributed by atoms with Crippen molar-refractivity contribution in [1.82, 2.24) is 9.21 Å². The highest BCUT2D eigenvalue weighted by atomic mass is 32.2. The molecule has 0 atom stereocenters. The number of sulfonamides is 1. The van der Waals surface area contributed by atoms with E-state index in [1.165, 1.54) is 4.31 Å². The number of rotatable bonds is 5. The highest BCUT2D eigenvalue weighted by Crippen LogP contribution is 2.20. The van der Waals surface area contributed by atoms with Crippen LogP contribution < -0.4 is 10.2 Å². The van der Waals surface area contributed by atoms with Gasteiger partial charge in [-0.25, -0.2) is 8.42 Å². The van der Waals surface area contributed by atoms with Crippen LogP contribution in [0.3, 0.4) is 0 Å². The summed E-state index contributed by atoms with van der Waals surface area (Å²) in [5.41, 5.74) is 1.13. The van der Waals surface area contributed by atoms with Gasteiger partial charge in [-0.15, -0.1) is 0 Å². The van der Waals surface area contributed by atoms with Gasteiger partial charge in [-0.3, -0.25) is 4.79 Å². The van der Waals surface area contributed by atoms with E-state index >= 15 is 0 Å². The molecule has 7 nitrogen and oxygen atoms in total. The van der Waals surface area contributed by atoms with Gasteiger partial charge in [-0.1, -0.05) is 0 Å². The first-order valence-corrected chi connectivity index (χ1v) is 10.6. The molecule has 0 saturated carbocycles. The van der Waals surface area contributed by atoms with Crippen molar-refractivity contribution in [3.63, 3.8) is 0 Å². The maximum Gasteiger partial charge on any atom is 0.239 e. The summed E-state index contributed by atoms with van der Waals surface area (Å²) in [5, 5.41) is 2.78. The van der Waals surface area contributed by atoms with E-state index in [0.29, 0.717) is 5.69 Å². The molecule has 1 aliphatic rings. The number of amides is 1. The highest BCUT2D eigenvalue weighted by molar-refractivity contribution is 7.88. The molecule has 1 heterocycles. The lowest BCUT2D eigenvalue weighted by Crippen LogP contribution is -2.48. The Labute approximate surface area is 157 Å². The number of hydrogen-bond donors (Lipinski definition) is 1. The average molecular weight is 383 g/mol. The summed E-state index contributed by atoms with van der Waals surface area (Å²) in [4.78, 5) is 16.9. The molecule has 0 radical (unpaired) electrons. The van der Waals surface area contributed by atoms with Crippen LogP contribution in [0.2, 0.25) is 0 Å². The maximum absolute atomic E-state index is 12.3. The van der Waals surface area contributed by atoms with Gasteiger partial charge in [-0.05, 0) is 52.1 Å². The van der Waals surface area contributed by atoms with Crippen molar-refractivity contribution < 1.29 is 13.2 Å². The molecule has 0 bridgehead atoms. The van der Waals surface area contributed by atoms with Gasteiger partial charge in [0.25, 0.3) is 0 Å². The first-order chi connectivity index (χ1) is 12.0. The summed E-state index contributed by atoms with van der Waals surface area (Å²) in [7, 11) is -1.36. The van der Waals surface area contributed by atoms with Crippen molar-refractivity contribution in [3.8, 4) is 0 Å². The van der Waals surface area contributed by atoms with E-state index in [9.17, 15) is 13.2 Å². The van der Waals surface area contributed by atoms with Crippen molar-refractivity contribution in [2.45, 2.75) is 26.3 Å². The van der Waals surface area contributed by atoms with Crippen LogP contribution in [0.25, 0.3) is 0 Å². The molecule has 0 unspecified atom stereocenters. The van der Waals surface area contributed by atoms with E-state index in [0.717, 1.165) is 38.1 Å². The predicted octanol–water partition coefficient (Wildman–Crippen LogP) is 1.44. The molecular weight excluding hydrogens is 352 g/mol. The third-order valence-electron chi connectivity index (χ3n) is 4.46. The molecule has 1 aliphatic heterocycles. The third kappa shape index (κ3) is 5.69. The van der Waals surface area contributed by atoms with Crippen molar-refractivity contribution in [2.75, 3.05) is 56.2 Å². The Bertz CT molecular complexity index is 718. The number of hydrogen-bond acceptors (Lipinski definition) is 5. The molecule has 1 fully saturated rings. The number of nitrogens with zero attached hydrogens (tertiary/aromatic N) is 3. The molecule has 1 amide bonds. The number of anilines is 2. The van der Waals surface area contributed by atoms with Crippen LogP contribution in [0.1, 0.15) is 20.8 Å². The Hall–Kier alpha value is -1.64. The predicted molar refractivity (Wildman–Crippen MR) is 106 cm³/mol. The third-order valence-corrected chi connectivity index (χ3v) is 5.93. The van der Waals surface area contributed by atoms with E-state index in [2.05, 4.69) is 22.2 Å². The second kappa shape index (κ2) is 7.94. The van der Waals surface area contributed by atoms with Crippen LogP contribution in [0, 0.1) is 0 Å². The summed E-state index contributed by atoms with van der Waals surface area (Å²) >= 11 is 0. The Morgan fingerprint density at radius 2 is 1.65 bits per heavy atom. The second-order valence-electron chi connectivity index (χ2n) is 7.83. The van der Waals surface area contributed by atoms with Gasteiger partial charge in [0.1, 0.15) is 0 Å². The number of likely N-dealkylation sites (N-methyl/N-ethyl adjacent to an activating group) is 1. The van der Waals surface area contributed by atoms with Crippen molar-refractivity contribution in [3.05, 3.63) is 24.3 Å². The van der Waals surface area contributed by atoms with Crippen molar-refractivity contribution in [2.24, 2.45) is 0 Å². The van der Waals surface area contributed by atoms with E-state index in [1.54, 1.807) is 20.8 Å². The fourth-order valence-electron chi connectivity index (χ4n) is 3.00. The van der Waals surface area contributed by atoms with Gasteiger partial charge >= 0.3 is 0 Å². The molecular formula is C18H30N4O3S. The van der Waals surface area contributed by atoms with E-state index in [1.807, 2.05) is 24.3 Å². The van der Waals surface area contributed by atoms with Gasteiger partial charge in [0.05, 0.1) is 12.8 Å². The smallest absolute Gasteiger partial charge is 0.239 e. The van der Waals surface area contributed by atoms with Crippen molar-refractivity contribution in [1.29, 1.82) is 0 Å². The zero-order valence-electron chi connectivity index (χ0n) is 16.3. The zero-order chi connectivity index (χ0) is 19.5. The van der Waals surface area contributed by atoms with Crippen LogP contribution in [-0.2, 0) is 14.8 Å². The van der Waals surface area contributed by atoms with Gasteiger partial charge < -0.3 is 15.1 Å². The monoisotopic (exact) mass is 382 g/mol. The summed E-state index contributed by atoms with van der Waals surface area (Å²) in [5.74, 6) is -0.349. The van der Waals surface area contributed by atoms with Gasteiger partial charge in [-0.2, -0.15) is 4.31 Å². The molecule has 1 aromatic rings. The molecule has 0 aromatic heterocycles. The summed E-state index contributed by atoms with van der Waals surface area (Å²) < 4.78 is 25.1. The zero-order valence-corrected chi connectivity index (χ0v) is 17.1. The molecule has 1 aromatic carbocycles. The topological polar surface area (TPSA) is 73.0 Å². The first kappa shape index (κ1) is 20.7. The Balaban J connectivity index is 1.99. The molecule has 0 aliphatic carbocycles. The molecule has 8 heteroatoms. The maximum atomic E-state index is 12.3. The second-order valence-corrected chi connectivity index (χ2v) is 9.73. The number of carbonyl (C=O) groups is 1. The SMILES string of the molecule is CN1CCN(c2ccc(NC(=O)CN(C(C)(C)C)S(C)(=O)=O)cc2)CC1. The minimum absolute atomic E-state index is 0.206. The largest absolute Gasteiger partial charge is 0.369 e. The minimum atomic E-state index is -3.47. The fraction of sp³-hybridized carbons (Fsp3) is 0.611. The van der Waals surface area contributed by atoms with Crippen LogP contribution in [-0.4, -0.2) is 75.1 Å². The number of carbonyl (C=O) groups excluding carboxylic acids is 1. The minimum Gasteiger partial charge on any atom is -0.369 e. The van der Waals surface area contributed by atoms with E-state index in [4.69, 9.17) is 0 Å². The van der Waals surface area contributed by atoms with Gasteiger partial charge in [0, 0.05) is 43.1 Å². The molecule has 1 N–H and O–H groups in total. The highest BCUT2D eigenvalue weighted by Gasteiger charge is 2.31. The molecule has 26 heavy (non-hydrogen) atoms. The summed E-state index contributed by atoms with van der Waals surface area (Å²) in [6.45, 7) is 9.14. The fourth-order valence-corrected chi connectivity index (χ4v) is 4.35. The molecule has 146 valence electrons. The molecule has 1 saturated heterocycles. The Morgan fingerprint density at radius 1 is 1.12 bits per heavy atom. The van der Waals surface area contributed by atoms with Crippen LogP contribution in [0.5, 0.6) is 0 Å².